The minimum Gasteiger partial charge on any atom is -0.380 e. The van der Waals surface area contributed by atoms with Crippen molar-refractivity contribution in [1.82, 2.24) is 10.2 Å². The molecule has 2 heterocycles. The highest BCUT2D eigenvalue weighted by Gasteiger charge is 2.28. The van der Waals surface area contributed by atoms with E-state index in [2.05, 4.69) is 24.1 Å². The molecular formula is C12H24N2O. The quantitative estimate of drug-likeness (QED) is 0.759. The molecule has 0 saturated carbocycles. The van der Waals surface area contributed by atoms with Gasteiger partial charge in [0.05, 0.1) is 6.61 Å². The van der Waals surface area contributed by atoms with Crippen molar-refractivity contribution in [2.45, 2.75) is 51.2 Å². The van der Waals surface area contributed by atoms with Gasteiger partial charge < -0.3 is 10.1 Å². The summed E-state index contributed by atoms with van der Waals surface area (Å²) in [7, 11) is 0. The number of hydrogen-bond acceptors (Lipinski definition) is 3. The molecule has 2 atom stereocenters. The van der Waals surface area contributed by atoms with E-state index < -0.39 is 0 Å². The Balaban J connectivity index is 1.87. The van der Waals surface area contributed by atoms with Gasteiger partial charge in [-0.25, -0.2) is 0 Å². The molecule has 1 N–H and O–H groups in total. The van der Waals surface area contributed by atoms with Crippen LogP contribution in [-0.2, 0) is 4.74 Å². The smallest absolute Gasteiger partial charge is 0.0622 e. The molecule has 0 aromatic heterocycles. The highest BCUT2D eigenvalue weighted by molar-refractivity contribution is 4.84. The van der Waals surface area contributed by atoms with Crippen LogP contribution in [0.25, 0.3) is 0 Å². The average molecular weight is 212 g/mol. The van der Waals surface area contributed by atoms with Crippen molar-refractivity contribution >= 4 is 0 Å². The maximum absolute atomic E-state index is 5.49. The molecule has 15 heavy (non-hydrogen) atoms. The Labute approximate surface area is 93.2 Å². The third-order valence-electron chi connectivity index (χ3n) is 3.63. The van der Waals surface area contributed by atoms with E-state index in [9.17, 15) is 0 Å². The second-order valence-electron chi connectivity index (χ2n) is 5.10. The summed E-state index contributed by atoms with van der Waals surface area (Å²) < 4.78 is 5.49. The van der Waals surface area contributed by atoms with Gasteiger partial charge in [-0.15, -0.1) is 0 Å². The minimum absolute atomic E-state index is 0.638. The molecule has 2 rings (SSSR count). The molecule has 2 saturated heterocycles. The van der Waals surface area contributed by atoms with E-state index in [1.54, 1.807) is 0 Å². The number of nitrogens with one attached hydrogen (secondary N) is 1. The molecule has 2 aliphatic rings. The van der Waals surface area contributed by atoms with Crippen LogP contribution in [0.4, 0.5) is 0 Å². The number of hydrogen-bond donors (Lipinski definition) is 1. The van der Waals surface area contributed by atoms with Crippen LogP contribution in [0, 0.1) is 0 Å². The zero-order valence-electron chi connectivity index (χ0n) is 10.0. The summed E-state index contributed by atoms with van der Waals surface area (Å²) in [5.74, 6) is 0. The fraction of sp³-hybridized carbons (Fsp3) is 1.00. The van der Waals surface area contributed by atoms with E-state index in [0.29, 0.717) is 18.1 Å². The minimum atomic E-state index is 0.638. The third-order valence-corrected chi connectivity index (χ3v) is 3.63. The Kier molecular flexibility index (Phi) is 4.00. The van der Waals surface area contributed by atoms with Crippen molar-refractivity contribution in [3.05, 3.63) is 0 Å². The van der Waals surface area contributed by atoms with Gasteiger partial charge in [0.2, 0.25) is 0 Å². The molecule has 3 heteroatoms. The Hall–Kier alpha value is -0.120. The second kappa shape index (κ2) is 5.28. The summed E-state index contributed by atoms with van der Waals surface area (Å²) in [6, 6.07) is 2.01. The number of rotatable bonds is 4. The van der Waals surface area contributed by atoms with Gasteiger partial charge in [0.25, 0.3) is 0 Å². The zero-order chi connectivity index (χ0) is 10.7. The zero-order valence-corrected chi connectivity index (χ0v) is 10.0. The molecule has 0 aromatic rings. The maximum atomic E-state index is 5.49. The van der Waals surface area contributed by atoms with Crippen LogP contribution in [0.2, 0.25) is 0 Å². The predicted octanol–water partition coefficient (Wildman–Crippen LogP) is 1.24. The van der Waals surface area contributed by atoms with Crippen molar-refractivity contribution in [1.29, 1.82) is 0 Å². The first-order valence-corrected chi connectivity index (χ1v) is 6.34. The van der Waals surface area contributed by atoms with Crippen LogP contribution in [-0.4, -0.2) is 49.3 Å². The summed E-state index contributed by atoms with van der Waals surface area (Å²) in [5.41, 5.74) is 0. The molecular weight excluding hydrogens is 188 g/mol. The average Bonchev–Trinajstić information content (AvgIpc) is 2.87. The summed E-state index contributed by atoms with van der Waals surface area (Å²) >= 11 is 0. The van der Waals surface area contributed by atoms with E-state index in [1.807, 2.05) is 0 Å². The summed E-state index contributed by atoms with van der Waals surface area (Å²) in [4.78, 5) is 2.62. The van der Waals surface area contributed by atoms with Crippen molar-refractivity contribution in [2.24, 2.45) is 0 Å². The molecule has 88 valence electrons. The van der Waals surface area contributed by atoms with E-state index in [0.717, 1.165) is 13.2 Å². The van der Waals surface area contributed by atoms with Gasteiger partial charge in [0, 0.05) is 31.3 Å². The first-order valence-electron chi connectivity index (χ1n) is 6.34. The largest absolute Gasteiger partial charge is 0.380 e. The SMILES string of the molecule is CC(C)N(CC1CCCN1)C1CCOC1. The second-order valence-corrected chi connectivity index (χ2v) is 5.10. The van der Waals surface area contributed by atoms with Crippen LogP contribution >= 0.6 is 0 Å². The molecule has 0 amide bonds. The first-order chi connectivity index (χ1) is 7.27. The van der Waals surface area contributed by atoms with E-state index in [4.69, 9.17) is 4.74 Å². The lowest BCUT2D eigenvalue weighted by atomic mass is 10.1. The normalized spacial score (nSPS) is 32.0. The molecule has 0 radical (unpaired) electrons. The van der Waals surface area contributed by atoms with Crippen molar-refractivity contribution in [2.75, 3.05) is 26.3 Å². The molecule has 0 aromatic carbocycles. The molecule has 2 fully saturated rings. The lowest BCUT2D eigenvalue weighted by Gasteiger charge is -2.33. The highest BCUT2D eigenvalue weighted by atomic mass is 16.5. The van der Waals surface area contributed by atoms with Crippen LogP contribution in [0.1, 0.15) is 33.1 Å². The maximum Gasteiger partial charge on any atom is 0.0622 e. The van der Waals surface area contributed by atoms with Gasteiger partial charge in [-0.1, -0.05) is 0 Å². The van der Waals surface area contributed by atoms with Crippen LogP contribution in [0.5, 0.6) is 0 Å². The van der Waals surface area contributed by atoms with Crippen LogP contribution in [0.3, 0.4) is 0 Å². The summed E-state index contributed by atoms with van der Waals surface area (Å²) in [6.45, 7) is 8.89. The van der Waals surface area contributed by atoms with E-state index in [1.165, 1.54) is 32.4 Å². The molecule has 2 aliphatic heterocycles. The Morgan fingerprint density at radius 2 is 2.27 bits per heavy atom. The van der Waals surface area contributed by atoms with Crippen molar-refractivity contribution < 1.29 is 4.74 Å². The molecule has 0 bridgehead atoms. The Morgan fingerprint density at radius 3 is 2.80 bits per heavy atom. The van der Waals surface area contributed by atoms with Gasteiger partial charge in [-0.05, 0) is 39.7 Å². The fourth-order valence-electron chi connectivity index (χ4n) is 2.73. The van der Waals surface area contributed by atoms with E-state index in [-0.39, 0.29) is 0 Å². The molecule has 0 aliphatic carbocycles. The Bertz CT molecular complexity index is 184. The van der Waals surface area contributed by atoms with Crippen molar-refractivity contribution in [3.63, 3.8) is 0 Å². The van der Waals surface area contributed by atoms with Crippen molar-refractivity contribution in [3.8, 4) is 0 Å². The first kappa shape index (κ1) is 11.4. The Morgan fingerprint density at radius 1 is 1.40 bits per heavy atom. The third kappa shape index (κ3) is 2.92. The van der Waals surface area contributed by atoms with Crippen LogP contribution in [0.15, 0.2) is 0 Å². The molecule has 0 spiro atoms. The summed E-state index contributed by atoms with van der Waals surface area (Å²) in [6.07, 6.45) is 3.90. The highest BCUT2D eigenvalue weighted by Crippen LogP contribution is 2.18. The topological polar surface area (TPSA) is 24.5 Å². The lowest BCUT2D eigenvalue weighted by Crippen LogP contribution is -2.47. The predicted molar refractivity (Wildman–Crippen MR) is 62.1 cm³/mol. The van der Waals surface area contributed by atoms with E-state index >= 15 is 0 Å². The number of nitrogens with zero attached hydrogens (tertiary/aromatic N) is 1. The van der Waals surface area contributed by atoms with Crippen LogP contribution < -0.4 is 5.32 Å². The number of ether oxygens (including phenoxy) is 1. The van der Waals surface area contributed by atoms with Gasteiger partial charge >= 0.3 is 0 Å². The van der Waals surface area contributed by atoms with Gasteiger partial charge in [0.1, 0.15) is 0 Å². The molecule has 2 unspecified atom stereocenters. The molecule has 3 nitrogen and oxygen atoms in total. The standard InChI is InChI=1S/C12H24N2O/c1-10(2)14(12-5-7-15-9-12)8-11-4-3-6-13-11/h10-13H,3-9H2,1-2H3. The van der Waals surface area contributed by atoms with Gasteiger partial charge in [-0.2, -0.15) is 0 Å². The summed E-state index contributed by atoms with van der Waals surface area (Å²) in [5, 5.41) is 3.58. The monoisotopic (exact) mass is 212 g/mol. The van der Waals surface area contributed by atoms with Gasteiger partial charge in [0.15, 0.2) is 0 Å². The lowest BCUT2D eigenvalue weighted by molar-refractivity contribution is 0.112. The van der Waals surface area contributed by atoms with Gasteiger partial charge in [-0.3, -0.25) is 4.90 Å². The fourth-order valence-corrected chi connectivity index (χ4v) is 2.73.